The molecule has 0 heterocycles. The van der Waals surface area contributed by atoms with Crippen LogP contribution in [0.15, 0.2) is 28.7 Å². The maximum atomic E-state index is 6.04. The van der Waals surface area contributed by atoms with E-state index in [0.29, 0.717) is 12.0 Å². The fourth-order valence-electron chi connectivity index (χ4n) is 2.54. The first-order valence-electron chi connectivity index (χ1n) is 5.67. The summed E-state index contributed by atoms with van der Waals surface area (Å²) in [7, 11) is 0. The lowest BCUT2D eigenvalue weighted by atomic mass is 9.90. The average molecular weight is 268 g/mol. The van der Waals surface area contributed by atoms with Crippen molar-refractivity contribution in [1.29, 1.82) is 0 Å². The standard InChI is InChI=1S/C13H18BrN/c1-9-11(5-6-13(9)15)7-10-3-2-4-12(14)8-10/h2-4,8-9,11,13H,5-7,15H2,1H3. The molecule has 0 spiro atoms. The van der Waals surface area contributed by atoms with E-state index in [0.717, 1.165) is 5.92 Å². The summed E-state index contributed by atoms with van der Waals surface area (Å²) in [4.78, 5) is 0. The van der Waals surface area contributed by atoms with E-state index in [1.165, 1.54) is 29.3 Å². The lowest BCUT2D eigenvalue weighted by Gasteiger charge is -2.18. The highest BCUT2D eigenvalue weighted by atomic mass is 79.9. The van der Waals surface area contributed by atoms with Gasteiger partial charge in [-0.3, -0.25) is 0 Å². The highest BCUT2D eigenvalue weighted by Crippen LogP contribution is 2.33. The van der Waals surface area contributed by atoms with Crippen molar-refractivity contribution >= 4 is 15.9 Å². The summed E-state index contributed by atoms with van der Waals surface area (Å²) in [6, 6.07) is 9.03. The van der Waals surface area contributed by atoms with E-state index in [4.69, 9.17) is 5.73 Å². The molecule has 0 aliphatic heterocycles. The van der Waals surface area contributed by atoms with Crippen LogP contribution in [0, 0.1) is 11.8 Å². The molecule has 0 saturated heterocycles. The van der Waals surface area contributed by atoms with Crippen molar-refractivity contribution in [3.63, 3.8) is 0 Å². The van der Waals surface area contributed by atoms with Crippen LogP contribution in [-0.2, 0) is 6.42 Å². The molecule has 3 atom stereocenters. The van der Waals surface area contributed by atoms with Gasteiger partial charge in [0.15, 0.2) is 0 Å². The molecular weight excluding hydrogens is 250 g/mol. The molecule has 1 aromatic rings. The van der Waals surface area contributed by atoms with Crippen LogP contribution in [0.1, 0.15) is 25.3 Å². The Morgan fingerprint density at radius 2 is 2.20 bits per heavy atom. The predicted octanol–water partition coefficient (Wildman–Crippen LogP) is 3.37. The third-order valence-electron chi connectivity index (χ3n) is 3.68. The minimum absolute atomic E-state index is 0.419. The number of benzene rings is 1. The molecule has 82 valence electrons. The molecule has 2 N–H and O–H groups in total. The number of nitrogens with two attached hydrogens (primary N) is 1. The van der Waals surface area contributed by atoms with Crippen molar-refractivity contribution in [2.45, 2.75) is 32.2 Å². The van der Waals surface area contributed by atoms with E-state index in [-0.39, 0.29) is 0 Å². The zero-order chi connectivity index (χ0) is 10.8. The van der Waals surface area contributed by atoms with Gasteiger partial charge in [0.2, 0.25) is 0 Å². The van der Waals surface area contributed by atoms with Gasteiger partial charge in [0.25, 0.3) is 0 Å². The molecule has 1 saturated carbocycles. The summed E-state index contributed by atoms with van der Waals surface area (Å²) in [5, 5.41) is 0. The van der Waals surface area contributed by atoms with Crippen LogP contribution in [0.3, 0.4) is 0 Å². The Kier molecular flexibility index (Phi) is 3.47. The minimum Gasteiger partial charge on any atom is -0.327 e. The molecule has 1 fully saturated rings. The van der Waals surface area contributed by atoms with Gasteiger partial charge in [0.1, 0.15) is 0 Å². The summed E-state index contributed by atoms with van der Waals surface area (Å²) in [6.07, 6.45) is 3.66. The molecule has 0 bridgehead atoms. The third kappa shape index (κ3) is 2.61. The van der Waals surface area contributed by atoms with Crippen LogP contribution in [0.25, 0.3) is 0 Å². The van der Waals surface area contributed by atoms with Crippen molar-refractivity contribution < 1.29 is 0 Å². The van der Waals surface area contributed by atoms with E-state index in [1.54, 1.807) is 0 Å². The van der Waals surface area contributed by atoms with Crippen molar-refractivity contribution in [3.05, 3.63) is 34.3 Å². The van der Waals surface area contributed by atoms with Gasteiger partial charge in [-0.25, -0.2) is 0 Å². The topological polar surface area (TPSA) is 26.0 Å². The molecular formula is C13H18BrN. The monoisotopic (exact) mass is 267 g/mol. The number of hydrogen-bond acceptors (Lipinski definition) is 1. The van der Waals surface area contributed by atoms with Crippen LogP contribution in [0.2, 0.25) is 0 Å². The second-order valence-corrected chi connectivity index (χ2v) is 5.61. The first-order valence-corrected chi connectivity index (χ1v) is 6.46. The smallest absolute Gasteiger partial charge is 0.0177 e. The highest BCUT2D eigenvalue weighted by Gasteiger charge is 2.29. The fourth-order valence-corrected chi connectivity index (χ4v) is 2.98. The number of halogens is 1. The number of hydrogen-bond donors (Lipinski definition) is 1. The van der Waals surface area contributed by atoms with Gasteiger partial charge in [-0.05, 0) is 48.8 Å². The molecule has 3 unspecified atom stereocenters. The van der Waals surface area contributed by atoms with Crippen molar-refractivity contribution in [3.8, 4) is 0 Å². The quantitative estimate of drug-likeness (QED) is 0.874. The SMILES string of the molecule is CC1C(N)CCC1Cc1cccc(Br)c1. The van der Waals surface area contributed by atoms with Gasteiger partial charge >= 0.3 is 0 Å². The van der Waals surface area contributed by atoms with E-state index in [1.807, 2.05) is 0 Å². The largest absolute Gasteiger partial charge is 0.327 e. The maximum absolute atomic E-state index is 6.04. The third-order valence-corrected chi connectivity index (χ3v) is 4.17. The molecule has 1 aliphatic carbocycles. The van der Waals surface area contributed by atoms with Gasteiger partial charge in [-0.15, -0.1) is 0 Å². The molecule has 0 amide bonds. The fraction of sp³-hybridized carbons (Fsp3) is 0.538. The van der Waals surface area contributed by atoms with Gasteiger partial charge in [0, 0.05) is 10.5 Å². The van der Waals surface area contributed by atoms with E-state index in [2.05, 4.69) is 47.1 Å². The summed E-state index contributed by atoms with van der Waals surface area (Å²) in [6.45, 7) is 2.29. The van der Waals surface area contributed by atoms with Gasteiger partial charge in [0.05, 0.1) is 0 Å². The van der Waals surface area contributed by atoms with Crippen LogP contribution in [0.4, 0.5) is 0 Å². The Bertz CT molecular complexity index is 337. The Morgan fingerprint density at radius 3 is 2.80 bits per heavy atom. The molecule has 15 heavy (non-hydrogen) atoms. The molecule has 1 aromatic carbocycles. The van der Waals surface area contributed by atoms with Gasteiger partial charge < -0.3 is 5.73 Å². The van der Waals surface area contributed by atoms with Gasteiger partial charge in [-0.1, -0.05) is 35.0 Å². The van der Waals surface area contributed by atoms with Crippen molar-refractivity contribution in [2.75, 3.05) is 0 Å². The number of rotatable bonds is 2. The Morgan fingerprint density at radius 1 is 1.40 bits per heavy atom. The summed E-state index contributed by atoms with van der Waals surface area (Å²) < 4.78 is 1.18. The first-order chi connectivity index (χ1) is 7.16. The van der Waals surface area contributed by atoms with Crippen LogP contribution in [0.5, 0.6) is 0 Å². The predicted molar refractivity (Wildman–Crippen MR) is 67.7 cm³/mol. The molecule has 0 aromatic heterocycles. The zero-order valence-electron chi connectivity index (χ0n) is 9.12. The lowest BCUT2D eigenvalue weighted by Crippen LogP contribution is -2.25. The molecule has 0 radical (unpaired) electrons. The summed E-state index contributed by atoms with van der Waals surface area (Å²) >= 11 is 3.51. The normalized spacial score (nSPS) is 30.7. The lowest BCUT2D eigenvalue weighted by molar-refractivity contribution is 0.390. The second kappa shape index (κ2) is 4.67. The van der Waals surface area contributed by atoms with Crippen molar-refractivity contribution in [1.82, 2.24) is 0 Å². The molecule has 2 heteroatoms. The maximum Gasteiger partial charge on any atom is 0.0177 e. The van der Waals surface area contributed by atoms with Crippen LogP contribution < -0.4 is 5.73 Å². The van der Waals surface area contributed by atoms with Gasteiger partial charge in [-0.2, -0.15) is 0 Å². The summed E-state index contributed by atoms with van der Waals surface area (Å²) in [5.41, 5.74) is 7.47. The van der Waals surface area contributed by atoms with Crippen LogP contribution in [-0.4, -0.2) is 6.04 Å². The highest BCUT2D eigenvalue weighted by molar-refractivity contribution is 9.10. The van der Waals surface area contributed by atoms with Crippen molar-refractivity contribution in [2.24, 2.45) is 17.6 Å². The molecule has 1 aliphatic rings. The summed E-state index contributed by atoms with van der Waals surface area (Å²) in [5.74, 6) is 1.44. The Hall–Kier alpha value is -0.340. The molecule has 1 nitrogen and oxygen atoms in total. The minimum atomic E-state index is 0.419. The van der Waals surface area contributed by atoms with E-state index < -0.39 is 0 Å². The van der Waals surface area contributed by atoms with E-state index >= 15 is 0 Å². The zero-order valence-corrected chi connectivity index (χ0v) is 10.7. The molecule has 2 rings (SSSR count). The van der Waals surface area contributed by atoms with Crippen LogP contribution >= 0.6 is 15.9 Å². The second-order valence-electron chi connectivity index (χ2n) is 4.69. The average Bonchev–Trinajstić information content (AvgIpc) is 2.50. The Balaban J connectivity index is 2.03. The first kappa shape index (κ1) is 11.2. The Labute approximate surface area is 100 Å². The van der Waals surface area contributed by atoms with E-state index in [9.17, 15) is 0 Å².